The van der Waals surface area contributed by atoms with Gasteiger partial charge in [0.2, 0.25) is 0 Å². The molecule has 114 valence electrons. The van der Waals surface area contributed by atoms with Crippen LogP contribution in [0.15, 0.2) is 24.3 Å². The fraction of sp³-hybridized carbons (Fsp3) is 0.538. The molecule has 0 aromatic heterocycles. The molecule has 1 aromatic rings. The van der Waals surface area contributed by atoms with Crippen LogP contribution in [0.2, 0.25) is 5.02 Å². The maximum atomic E-state index is 12.0. The van der Waals surface area contributed by atoms with Crippen LogP contribution in [-0.4, -0.2) is 31.2 Å². The molecule has 1 nitrogen and oxygen atoms in total. The Labute approximate surface area is 131 Å². The van der Waals surface area contributed by atoms with Crippen LogP contribution in [-0.2, 0) is 10.2 Å². The molecule has 0 saturated carbocycles. The number of hydrogen-bond donors (Lipinski definition) is 0. The molecule has 0 N–H and O–H groups in total. The smallest absolute Gasteiger partial charge is 0.372 e. The summed E-state index contributed by atoms with van der Waals surface area (Å²) >= 11 is 17.8. The number of benzene rings is 1. The molecule has 0 unspecified atom stereocenters. The lowest BCUT2D eigenvalue weighted by Crippen LogP contribution is -2.33. The standard InChI is InChI=1S/C13H14Cl3F3O/c14-7-12(8-15,5-6-20-9-13(17,18)19)10-1-3-11(16)4-2-10/h1-4H,5-9H2. The number of rotatable bonds is 7. The molecule has 1 rings (SSSR count). The fourth-order valence-electron chi connectivity index (χ4n) is 1.73. The molecule has 0 atom stereocenters. The molecule has 7 heteroatoms. The molecule has 0 aliphatic heterocycles. The molecule has 0 aliphatic rings. The van der Waals surface area contributed by atoms with Gasteiger partial charge in [-0.1, -0.05) is 23.7 Å². The average Bonchev–Trinajstić information content (AvgIpc) is 2.40. The number of hydrogen-bond acceptors (Lipinski definition) is 1. The van der Waals surface area contributed by atoms with Crippen molar-refractivity contribution in [2.45, 2.75) is 18.0 Å². The summed E-state index contributed by atoms with van der Waals surface area (Å²) in [5.41, 5.74) is 0.210. The van der Waals surface area contributed by atoms with Crippen LogP contribution in [0, 0.1) is 0 Å². The minimum Gasteiger partial charge on any atom is -0.372 e. The first kappa shape index (κ1) is 17.9. The van der Waals surface area contributed by atoms with Crippen LogP contribution >= 0.6 is 34.8 Å². The van der Waals surface area contributed by atoms with E-state index in [9.17, 15) is 13.2 Å². The topological polar surface area (TPSA) is 9.23 Å². The third-order valence-electron chi connectivity index (χ3n) is 2.96. The summed E-state index contributed by atoms with van der Waals surface area (Å²) < 4.78 is 40.7. The highest BCUT2D eigenvalue weighted by molar-refractivity contribution is 6.30. The maximum Gasteiger partial charge on any atom is 0.411 e. The van der Waals surface area contributed by atoms with Gasteiger partial charge in [0, 0.05) is 28.8 Å². The molecule has 1 aromatic carbocycles. The Kier molecular flexibility index (Phi) is 6.92. The maximum absolute atomic E-state index is 12.0. The first-order valence-electron chi connectivity index (χ1n) is 5.85. The summed E-state index contributed by atoms with van der Waals surface area (Å²) in [6.07, 6.45) is -4.03. The van der Waals surface area contributed by atoms with Gasteiger partial charge in [-0.2, -0.15) is 13.2 Å². The monoisotopic (exact) mass is 348 g/mol. The van der Waals surface area contributed by atoms with E-state index in [4.69, 9.17) is 34.8 Å². The van der Waals surface area contributed by atoms with Crippen molar-refractivity contribution in [3.8, 4) is 0 Å². The molecular weight excluding hydrogens is 335 g/mol. The second-order valence-corrected chi connectivity index (χ2v) is 5.44. The summed E-state index contributed by atoms with van der Waals surface area (Å²) in [7, 11) is 0. The fourth-order valence-corrected chi connectivity index (χ4v) is 2.71. The largest absolute Gasteiger partial charge is 0.411 e. The Balaban J connectivity index is 2.69. The number of ether oxygens (including phenoxy) is 1. The lowest BCUT2D eigenvalue weighted by Gasteiger charge is -2.30. The molecule has 0 aliphatic carbocycles. The minimum absolute atomic E-state index is 0.0679. The van der Waals surface area contributed by atoms with Crippen LogP contribution in [0.1, 0.15) is 12.0 Å². The first-order valence-corrected chi connectivity index (χ1v) is 7.30. The van der Waals surface area contributed by atoms with Gasteiger partial charge in [-0.3, -0.25) is 0 Å². The zero-order chi connectivity index (χ0) is 15.2. The van der Waals surface area contributed by atoms with Crippen LogP contribution in [0.4, 0.5) is 13.2 Å². The van der Waals surface area contributed by atoms with E-state index in [0.29, 0.717) is 11.4 Å². The summed E-state index contributed by atoms with van der Waals surface area (Å²) in [6, 6.07) is 6.94. The molecule has 0 amide bonds. The van der Waals surface area contributed by atoms with Gasteiger partial charge in [-0.05, 0) is 24.1 Å². The molecule has 0 saturated heterocycles. The molecular formula is C13H14Cl3F3O. The normalized spacial score (nSPS) is 12.7. The van der Waals surface area contributed by atoms with Gasteiger partial charge in [0.15, 0.2) is 0 Å². The first-order chi connectivity index (χ1) is 9.33. The van der Waals surface area contributed by atoms with E-state index < -0.39 is 18.2 Å². The van der Waals surface area contributed by atoms with E-state index in [0.717, 1.165) is 5.56 Å². The minimum atomic E-state index is -4.33. The van der Waals surface area contributed by atoms with Crippen molar-refractivity contribution in [1.82, 2.24) is 0 Å². The second-order valence-electron chi connectivity index (χ2n) is 4.47. The molecule has 0 radical (unpaired) electrons. The van der Waals surface area contributed by atoms with Crippen LogP contribution in [0.3, 0.4) is 0 Å². The van der Waals surface area contributed by atoms with Gasteiger partial charge >= 0.3 is 6.18 Å². The van der Waals surface area contributed by atoms with Gasteiger partial charge in [0.05, 0.1) is 0 Å². The Morgan fingerprint density at radius 2 is 1.55 bits per heavy atom. The third kappa shape index (κ3) is 5.32. The Morgan fingerprint density at radius 1 is 1.00 bits per heavy atom. The van der Waals surface area contributed by atoms with Crippen molar-refractivity contribution in [2.75, 3.05) is 25.0 Å². The lowest BCUT2D eigenvalue weighted by atomic mass is 9.81. The predicted molar refractivity (Wildman–Crippen MR) is 76.1 cm³/mol. The molecule has 0 bridgehead atoms. The van der Waals surface area contributed by atoms with Gasteiger partial charge < -0.3 is 4.74 Å². The highest BCUT2D eigenvalue weighted by Crippen LogP contribution is 2.32. The van der Waals surface area contributed by atoms with Crippen LogP contribution in [0.25, 0.3) is 0 Å². The highest BCUT2D eigenvalue weighted by Gasteiger charge is 2.32. The highest BCUT2D eigenvalue weighted by atomic mass is 35.5. The summed E-state index contributed by atoms with van der Waals surface area (Å²) in [5, 5.41) is 0.570. The average molecular weight is 350 g/mol. The van der Waals surface area contributed by atoms with Gasteiger partial charge in [-0.15, -0.1) is 23.2 Å². The Morgan fingerprint density at radius 3 is 2.00 bits per heavy atom. The predicted octanol–water partition coefficient (Wildman–Crippen LogP) is 5.02. The van der Waals surface area contributed by atoms with Crippen molar-refractivity contribution < 1.29 is 17.9 Å². The Bertz CT molecular complexity index is 402. The molecule has 20 heavy (non-hydrogen) atoms. The molecule has 0 heterocycles. The number of halogens is 6. The van der Waals surface area contributed by atoms with E-state index >= 15 is 0 Å². The third-order valence-corrected chi connectivity index (χ3v) is 4.23. The van der Waals surface area contributed by atoms with Gasteiger partial charge in [0.1, 0.15) is 6.61 Å². The van der Waals surface area contributed by atoms with E-state index in [-0.39, 0.29) is 18.4 Å². The number of alkyl halides is 5. The summed E-state index contributed by atoms with van der Waals surface area (Å²) in [5.74, 6) is 0.376. The lowest BCUT2D eigenvalue weighted by molar-refractivity contribution is -0.174. The molecule has 0 fully saturated rings. The molecule has 0 spiro atoms. The van der Waals surface area contributed by atoms with Gasteiger partial charge in [-0.25, -0.2) is 0 Å². The summed E-state index contributed by atoms with van der Waals surface area (Å²) in [6.45, 7) is -1.34. The van der Waals surface area contributed by atoms with Crippen molar-refractivity contribution in [1.29, 1.82) is 0 Å². The van der Waals surface area contributed by atoms with Crippen molar-refractivity contribution in [3.63, 3.8) is 0 Å². The van der Waals surface area contributed by atoms with Crippen molar-refractivity contribution in [2.24, 2.45) is 0 Å². The summed E-state index contributed by atoms with van der Waals surface area (Å²) in [4.78, 5) is 0. The van der Waals surface area contributed by atoms with Crippen molar-refractivity contribution >= 4 is 34.8 Å². The van der Waals surface area contributed by atoms with Crippen molar-refractivity contribution in [3.05, 3.63) is 34.9 Å². The van der Waals surface area contributed by atoms with E-state index in [1.54, 1.807) is 24.3 Å². The zero-order valence-corrected chi connectivity index (χ0v) is 12.8. The Hall–Kier alpha value is -0.160. The van der Waals surface area contributed by atoms with Gasteiger partial charge in [0.25, 0.3) is 0 Å². The van der Waals surface area contributed by atoms with Crippen LogP contribution < -0.4 is 0 Å². The SMILES string of the molecule is FC(F)(F)COCCC(CCl)(CCl)c1ccc(Cl)cc1. The second kappa shape index (κ2) is 7.74. The van der Waals surface area contributed by atoms with E-state index in [1.807, 2.05) is 0 Å². The zero-order valence-electron chi connectivity index (χ0n) is 10.5. The quantitative estimate of drug-likeness (QED) is 0.496. The van der Waals surface area contributed by atoms with E-state index in [2.05, 4.69) is 4.74 Å². The van der Waals surface area contributed by atoms with Crippen LogP contribution in [0.5, 0.6) is 0 Å². The van der Waals surface area contributed by atoms with E-state index in [1.165, 1.54) is 0 Å².